The van der Waals surface area contributed by atoms with Gasteiger partial charge < -0.3 is 33.8 Å². The fourth-order valence-corrected chi connectivity index (χ4v) is 12.9. The molecule has 0 saturated heterocycles. The molecule has 0 aliphatic heterocycles. The fourth-order valence-electron chi connectivity index (χ4n) is 11.3. The second kappa shape index (κ2) is 64.4. The molecule has 0 amide bonds. The first kappa shape index (κ1) is 92.1. The van der Waals surface area contributed by atoms with Crippen molar-refractivity contribution in [2.75, 3.05) is 39.6 Å². The third-order valence-corrected chi connectivity index (χ3v) is 19.9. The summed E-state index contributed by atoms with van der Waals surface area (Å²) in [6.45, 7) is 14.2. The van der Waals surface area contributed by atoms with E-state index in [2.05, 4.69) is 55.4 Å². The van der Waals surface area contributed by atoms with E-state index >= 15 is 0 Å². The van der Waals surface area contributed by atoms with Crippen LogP contribution in [0.4, 0.5) is 0 Å². The van der Waals surface area contributed by atoms with Crippen LogP contribution in [0.15, 0.2) is 0 Å². The lowest BCUT2D eigenvalue weighted by molar-refractivity contribution is -0.161. The van der Waals surface area contributed by atoms with Gasteiger partial charge in [0, 0.05) is 25.7 Å². The highest BCUT2D eigenvalue weighted by Gasteiger charge is 2.30. The first-order valence-electron chi connectivity index (χ1n) is 38.8. The summed E-state index contributed by atoms with van der Waals surface area (Å²) in [4.78, 5) is 72.7. The number of hydrogen-bond donors (Lipinski definition) is 3. The molecule has 4 unspecified atom stereocenters. The van der Waals surface area contributed by atoms with Crippen LogP contribution in [0.2, 0.25) is 0 Å². The van der Waals surface area contributed by atoms with Crippen molar-refractivity contribution in [3.8, 4) is 0 Å². The third kappa shape index (κ3) is 66.0. The van der Waals surface area contributed by atoms with Crippen molar-refractivity contribution in [1.29, 1.82) is 0 Å². The van der Waals surface area contributed by atoms with Crippen LogP contribution in [-0.4, -0.2) is 96.7 Å². The van der Waals surface area contributed by atoms with Gasteiger partial charge in [0.25, 0.3) is 0 Å². The molecule has 0 heterocycles. The molecule has 7 atom stereocenters. The predicted octanol–water partition coefficient (Wildman–Crippen LogP) is 21.7. The molecule has 0 spiro atoms. The van der Waals surface area contributed by atoms with E-state index in [4.69, 9.17) is 37.0 Å². The van der Waals surface area contributed by atoms with Gasteiger partial charge in [0.05, 0.1) is 26.4 Å². The maximum Gasteiger partial charge on any atom is 0.472 e. The van der Waals surface area contributed by atoms with Crippen molar-refractivity contribution in [1.82, 2.24) is 0 Å². The minimum absolute atomic E-state index is 0.105. The lowest BCUT2D eigenvalue weighted by atomic mass is 10.00. The number of rotatable bonds is 72. The lowest BCUT2D eigenvalue weighted by Crippen LogP contribution is -2.30. The van der Waals surface area contributed by atoms with E-state index in [0.717, 1.165) is 126 Å². The van der Waals surface area contributed by atoms with Gasteiger partial charge in [-0.05, 0) is 49.4 Å². The molecule has 3 N–H and O–H groups in total. The Bertz CT molecular complexity index is 1850. The molecule has 94 heavy (non-hydrogen) atoms. The highest BCUT2D eigenvalue weighted by molar-refractivity contribution is 7.47. The maximum absolute atomic E-state index is 13.1. The van der Waals surface area contributed by atoms with Crippen molar-refractivity contribution >= 4 is 39.5 Å². The third-order valence-electron chi connectivity index (χ3n) is 18.0. The summed E-state index contributed by atoms with van der Waals surface area (Å²) in [5.41, 5.74) is 0. The van der Waals surface area contributed by atoms with Gasteiger partial charge in [-0.2, -0.15) is 0 Å². The molecule has 0 aliphatic rings. The number of aliphatic hydroxyl groups is 1. The number of esters is 4. The van der Waals surface area contributed by atoms with Gasteiger partial charge in [-0.1, -0.05) is 325 Å². The van der Waals surface area contributed by atoms with E-state index in [9.17, 15) is 43.2 Å². The van der Waals surface area contributed by atoms with Crippen LogP contribution >= 0.6 is 15.6 Å². The van der Waals surface area contributed by atoms with Crippen molar-refractivity contribution < 1.29 is 80.2 Å². The standard InChI is InChI=1S/C75H146O17P2/c1-9-67(7)53-45-37-31-33-39-47-55-72(77)85-61-70(91-74(79)57-49-41-29-25-21-16-14-12-11-13-15-19-23-27-35-43-51-65(3)4)63-89-93(81,82)87-59-69(76)60-88-94(83,84)90-64-71(62-86-73(78)56-48-40-34-32-38-46-54-68(8)10-2)92-75(80)58-50-42-30-26-22-18-17-20-24-28-36-44-52-66(5)6/h65-71,76H,9-64H2,1-8H3,(H,81,82)(H,83,84)/t67?,68?,69-,70+,71+/m0/s1. The first-order valence-corrected chi connectivity index (χ1v) is 41.8. The van der Waals surface area contributed by atoms with Crippen LogP contribution < -0.4 is 0 Å². The van der Waals surface area contributed by atoms with Gasteiger partial charge in [-0.15, -0.1) is 0 Å². The number of ether oxygens (including phenoxy) is 4. The molecule has 558 valence electrons. The number of hydrogen-bond acceptors (Lipinski definition) is 15. The normalized spacial score (nSPS) is 14.7. The molecule has 0 rings (SSSR count). The molecule has 19 heteroatoms. The van der Waals surface area contributed by atoms with E-state index < -0.39 is 97.5 Å². The topological polar surface area (TPSA) is 237 Å². The van der Waals surface area contributed by atoms with Gasteiger partial charge >= 0.3 is 39.5 Å². The summed E-state index contributed by atoms with van der Waals surface area (Å²) in [5, 5.41) is 10.6. The monoisotopic (exact) mass is 1380 g/mol. The van der Waals surface area contributed by atoms with Crippen molar-refractivity contribution in [2.45, 2.75) is 395 Å². The Morgan fingerprint density at radius 3 is 0.755 bits per heavy atom. The second-order valence-electron chi connectivity index (χ2n) is 28.5. The fraction of sp³-hybridized carbons (Fsp3) is 0.947. The van der Waals surface area contributed by atoms with Crippen LogP contribution in [0.1, 0.15) is 376 Å². The van der Waals surface area contributed by atoms with Crippen LogP contribution in [-0.2, 0) is 65.4 Å². The average molecular weight is 1380 g/mol. The first-order chi connectivity index (χ1) is 45.2. The van der Waals surface area contributed by atoms with E-state index in [0.29, 0.717) is 25.7 Å². The minimum Gasteiger partial charge on any atom is -0.462 e. The Kier molecular flexibility index (Phi) is 63.1. The van der Waals surface area contributed by atoms with Gasteiger partial charge in [0.15, 0.2) is 12.2 Å². The molecular weight excluding hydrogens is 1230 g/mol. The molecule has 0 saturated carbocycles. The number of phosphoric ester groups is 2. The second-order valence-corrected chi connectivity index (χ2v) is 31.4. The van der Waals surface area contributed by atoms with Crippen LogP contribution in [0, 0.1) is 23.7 Å². The van der Waals surface area contributed by atoms with E-state index in [1.807, 2.05) is 0 Å². The summed E-state index contributed by atoms with van der Waals surface area (Å²) >= 11 is 0. The number of phosphoric acid groups is 2. The summed E-state index contributed by atoms with van der Waals surface area (Å²) < 4.78 is 68.5. The number of carbonyl (C=O) groups excluding carboxylic acids is 4. The molecule has 0 bridgehead atoms. The van der Waals surface area contributed by atoms with Crippen molar-refractivity contribution in [2.24, 2.45) is 23.7 Å². The molecule has 0 aromatic rings. The Morgan fingerprint density at radius 1 is 0.298 bits per heavy atom. The quantitative estimate of drug-likeness (QED) is 0.0222. The Hall–Kier alpha value is -1.94. The SMILES string of the molecule is CCC(C)CCCCCCCCC(=O)OC[C@H](COP(=O)(O)OC[C@H](O)COP(=O)(O)OC[C@@H](COC(=O)CCCCCCCCC(C)CC)OC(=O)CCCCCCCCCCCCCCC(C)C)OC(=O)CCCCCCCCCCCCCCCCCCC(C)C. The maximum atomic E-state index is 13.1. The zero-order chi connectivity index (χ0) is 69.6. The summed E-state index contributed by atoms with van der Waals surface area (Å²) in [6, 6.07) is 0. The Balaban J connectivity index is 5.22. The zero-order valence-corrected chi connectivity index (χ0v) is 63.4. The molecule has 0 aromatic carbocycles. The molecule has 0 aromatic heterocycles. The van der Waals surface area contributed by atoms with Gasteiger partial charge in [0.1, 0.15) is 19.3 Å². The molecular formula is C75H146O17P2. The minimum atomic E-state index is -4.96. The average Bonchev–Trinajstić information content (AvgIpc) is 1.24. The molecule has 17 nitrogen and oxygen atoms in total. The summed E-state index contributed by atoms with van der Waals surface area (Å²) in [5.74, 6) is 0.923. The lowest BCUT2D eigenvalue weighted by Gasteiger charge is -2.21. The predicted molar refractivity (Wildman–Crippen MR) is 381 cm³/mol. The van der Waals surface area contributed by atoms with E-state index in [-0.39, 0.29) is 25.7 Å². The molecule has 0 radical (unpaired) electrons. The summed E-state index contributed by atoms with van der Waals surface area (Å²) in [7, 11) is -9.91. The van der Waals surface area contributed by atoms with Crippen LogP contribution in [0.5, 0.6) is 0 Å². The highest BCUT2D eigenvalue weighted by Crippen LogP contribution is 2.45. The highest BCUT2D eigenvalue weighted by atomic mass is 31.2. The van der Waals surface area contributed by atoms with Gasteiger partial charge in [-0.3, -0.25) is 37.3 Å². The van der Waals surface area contributed by atoms with E-state index in [1.54, 1.807) is 0 Å². The Morgan fingerprint density at radius 2 is 0.511 bits per heavy atom. The Labute approximate surface area is 575 Å². The largest absolute Gasteiger partial charge is 0.472 e. The summed E-state index contributed by atoms with van der Waals surface area (Å²) in [6.07, 6.45) is 48.7. The van der Waals surface area contributed by atoms with Crippen LogP contribution in [0.25, 0.3) is 0 Å². The number of aliphatic hydroxyl groups excluding tert-OH is 1. The van der Waals surface area contributed by atoms with Gasteiger partial charge in [0.2, 0.25) is 0 Å². The number of carbonyl (C=O) groups is 4. The van der Waals surface area contributed by atoms with Crippen LogP contribution in [0.3, 0.4) is 0 Å². The molecule has 0 fully saturated rings. The van der Waals surface area contributed by atoms with Gasteiger partial charge in [-0.25, -0.2) is 9.13 Å². The van der Waals surface area contributed by atoms with Crippen molar-refractivity contribution in [3.63, 3.8) is 0 Å². The number of unbranched alkanes of at least 4 members (excludes halogenated alkanes) is 36. The van der Waals surface area contributed by atoms with Crippen molar-refractivity contribution in [3.05, 3.63) is 0 Å². The smallest absolute Gasteiger partial charge is 0.462 e. The molecule has 0 aliphatic carbocycles. The zero-order valence-electron chi connectivity index (χ0n) is 61.6. The van der Waals surface area contributed by atoms with E-state index in [1.165, 1.54) is 167 Å².